The van der Waals surface area contributed by atoms with Gasteiger partial charge in [-0.1, -0.05) is 53.4 Å². The van der Waals surface area contributed by atoms with E-state index >= 15 is 0 Å². The van der Waals surface area contributed by atoms with Crippen LogP contribution >= 0.6 is 0 Å². The molecule has 1 aliphatic carbocycles. The third-order valence-electron chi connectivity index (χ3n) is 4.21. The van der Waals surface area contributed by atoms with Crippen molar-refractivity contribution in [2.45, 2.75) is 66.2 Å². The summed E-state index contributed by atoms with van der Waals surface area (Å²) in [7, 11) is 0. The molecule has 1 nitrogen and oxygen atoms in total. The van der Waals surface area contributed by atoms with Crippen molar-refractivity contribution in [2.75, 3.05) is 13.1 Å². The van der Waals surface area contributed by atoms with E-state index in [1.807, 2.05) is 0 Å². The predicted octanol–water partition coefficient (Wildman–Crippen LogP) is 4.23. The molecule has 0 saturated heterocycles. The van der Waals surface area contributed by atoms with Crippen molar-refractivity contribution >= 4 is 0 Å². The highest BCUT2D eigenvalue weighted by atomic mass is 14.9. The molecule has 0 aliphatic heterocycles. The van der Waals surface area contributed by atoms with Gasteiger partial charge in [0.2, 0.25) is 0 Å². The van der Waals surface area contributed by atoms with Crippen LogP contribution in [0.25, 0.3) is 0 Å². The van der Waals surface area contributed by atoms with Crippen LogP contribution in [0.5, 0.6) is 0 Å². The maximum Gasteiger partial charge on any atom is 0.000527 e. The van der Waals surface area contributed by atoms with Crippen LogP contribution < -0.4 is 5.32 Å². The number of hydrogen-bond donors (Lipinski definition) is 1. The van der Waals surface area contributed by atoms with Gasteiger partial charge in [0.25, 0.3) is 0 Å². The molecule has 1 N–H and O–H groups in total. The van der Waals surface area contributed by atoms with Crippen molar-refractivity contribution in [3.05, 3.63) is 0 Å². The summed E-state index contributed by atoms with van der Waals surface area (Å²) in [6, 6.07) is 0. The van der Waals surface area contributed by atoms with Crippen molar-refractivity contribution in [3.63, 3.8) is 0 Å². The van der Waals surface area contributed by atoms with Crippen LogP contribution in [0.15, 0.2) is 0 Å². The topological polar surface area (TPSA) is 12.0 Å². The third kappa shape index (κ3) is 4.86. The van der Waals surface area contributed by atoms with Gasteiger partial charge >= 0.3 is 0 Å². The lowest BCUT2D eigenvalue weighted by atomic mass is 9.78. The first-order chi connectivity index (χ1) is 7.56. The van der Waals surface area contributed by atoms with Gasteiger partial charge in [-0.25, -0.2) is 0 Å². The van der Waals surface area contributed by atoms with Crippen LogP contribution in [0, 0.1) is 17.3 Å². The lowest BCUT2D eigenvalue weighted by molar-refractivity contribution is 0.219. The Morgan fingerprint density at radius 2 is 1.88 bits per heavy atom. The minimum Gasteiger partial charge on any atom is -0.316 e. The molecule has 1 heteroatoms. The summed E-state index contributed by atoms with van der Waals surface area (Å²) in [6.07, 6.45) is 8.68. The first kappa shape index (κ1) is 14.0. The van der Waals surface area contributed by atoms with Crippen LogP contribution in [-0.4, -0.2) is 13.1 Å². The van der Waals surface area contributed by atoms with Gasteiger partial charge in [0.15, 0.2) is 0 Å². The molecule has 0 spiro atoms. The first-order valence-electron chi connectivity index (χ1n) is 7.26. The highest BCUT2D eigenvalue weighted by molar-refractivity contribution is 4.81. The Kier molecular flexibility index (Phi) is 5.82. The van der Waals surface area contributed by atoms with Crippen LogP contribution in [0.1, 0.15) is 66.2 Å². The molecule has 1 atom stereocenters. The average molecular weight is 225 g/mol. The lowest BCUT2D eigenvalue weighted by Crippen LogP contribution is -2.34. The summed E-state index contributed by atoms with van der Waals surface area (Å²) in [6.45, 7) is 11.8. The van der Waals surface area contributed by atoms with Gasteiger partial charge in [0, 0.05) is 6.54 Å². The first-order valence-corrected chi connectivity index (χ1v) is 7.26. The molecule has 0 bridgehead atoms. The molecule has 0 amide bonds. The average Bonchev–Trinajstić information content (AvgIpc) is 2.69. The van der Waals surface area contributed by atoms with Crippen molar-refractivity contribution in [3.8, 4) is 0 Å². The Labute approximate surface area is 102 Å². The van der Waals surface area contributed by atoms with Crippen molar-refractivity contribution < 1.29 is 0 Å². The normalized spacial score (nSPS) is 21.6. The Morgan fingerprint density at radius 1 is 1.25 bits per heavy atom. The van der Waals surface area contributed by atoms with Crippen LogP contribution in [0.4, 0.5) is 0 Å². The summed E-state index contributed by atoms with van der Waals surface area (Å²) in [4.78, 5) is 0. The van der Waals surface area contributed by atoms with E-state index in [0.717, 1.165) is 11.8 Å². The van der Waals surface area contributed by atoms with Crippen LogP contribution in [0.3, 0.4) is 0 Å². The minimum atomic E-state index is 0.532. The molecular formula is C15H31N. The molecule has 0 aromatic heterocycles. The van der Waals surface area contributed by atoms with Crippen LogP contribution in [0.2, 0.25) is 0 Å². The fourth-order valence-corrected chi connectivity index (χ4v) is 2.92. The Hall–Kier alpha value is -0.0400. The summed E-state index contributed by atoms with van der Waals surface area (Å²) in [5.41, 5.74) is 0.532. The van der Waals surface area contributed by atoms with Gasteiger partial charge in [0.05, 0.1) is 0 Å². The van der Waals surface area contributed by atoms with E-state index in [4.69, 9.17) is 0 Å². The molecule has 1 unspecified atom stereocenters. The summed E-state index contributed by atoms with van der Waals surface area (Å²) in [5.74, 6) is 1.79. The molecule has 0 aromatic carbocycles. The molecule has 1 rings (SSSR count). The number of nitrogens with one attached hydrogen (secondary N) is 1. The zero-order valence-electron chi connectivity index (χ0n) is 11.8. The van der Waals surface area contributed by atoms with E-state index in [-0.39, 0.29) is 0 Å². The fraction of sp³-hybridized carbons (Fsp3) is 1.00. The van der Waals surface area contributed by atoms with Crippen molar-refractivity contribution in [2.24, 2.45) is 17.3 Å². The molecule has 0 heterocycles. The van der Waals surface area contributed by atoms with Crippen LogP contribution in [-0.2, 0) is 0 Å². The van der Waals surface area contributed by atoms with E-state index in [1.54, 1.807) is 0 Å². The smallest absolute Gasteiger partial charge is 0.000527 e. The van der Waals surface area contributed by atoms with E-state index in [1.165, 1.54) is 51.6 Å². The second-order valence-electron chi connectivity index (χ2n) is 6.54. The Morgan fingerprint density at radius 3 is 2.38 bits per heavy atom. The minimum absolute atomic E-state index is 0.532. The molecule has 0 aromatic rings. The molecule has 0 radical (unpaired) electrons. The van der Waals surface area contributed by atoms with Gasteiger partial charge in [-0.05, 0) is 36.6 Å². The maximum absolute atomic E-state index is 3.65. The van der Waals surface area contributed by atoms with E-state index in [9.17, 15) is 0 Å². The van der Waals surface area contributed by atoms with Gasteiger partial charge in [0.1, 0.15) is 0 Å². The monoisotopic (exact) mass is 225 g/mol. The Bertz CT molecular complexity index is 182. The second kappa shape index (κ2) is 6.64. The molecule has 96 valence electrons. The summed E-state index contributed by atoms with van der Waals surface area (Å²) >= 11 is 0. The molecule has 1 aliphatic rings. The highest BCUT2D eigenvalue weighted by Crippen LogP contribution is 2.37. The molecular weight excluding hydrogens is 194 g/mol. The molecule has 16 heavy (non-hydrogen) atoms. The summed E-state index contributed by atoms with van der Waals surface area (Å²) < 4.78 is 0. The maximum atomic E-state index is 3.65. The SMILES string of the molecule is CCC(C)(CNCC(C)C)CC1CCCC1. The quantitative estimate of drug-likeness (QED) is 0.684. The van der Waals surface area contributed by atoms with Gasteiger partial charge in [-0.3, -0.25) is 0 Å². The molecule has 1 saturated carbocycles. The fourth-order valence-electron chi connectivity index (χ4n) is 2.92. The van der Waals surface area contributed by atoms with Crippen molar-refractivity contribution in [1.82, 2.24) is 5.32 Å². The third-order valence-corrected chi connectivity index (χ3v) is 4.21. The van der Waals surface area contributed by atoms with E-state index in [2.05, 4.69) is 33.0 Å². The Balaban J connectivity index is 2.30. The largest absolute Gasteiger partial charge is 0.316 e. The zero-order valence-corrected chi connectivity index (χ0v) is 11.8. The highest BCUT2D eigenvalue weighted by Gasteiger charge is 2.27. The standard InChI is InChI=1S/C15H31N/c1-5-15(4,12-16-11-13(2)3)10-14-8-6-7-9-14/h13-14,16H,5-12H2,1-4H3. The number of rotatable bonds is 7. The van der Waals surface area contributed by atoms with E-state index in [0.29, 0.717) is 5.41 Å². The van der Waals surface area contributed by atoms with Gasteiger partial charge in [-0.15, -0.1) is 0 Å². The molecule has 1 fully saturated rings. The van der Waals surface area contributed by atoms with Crippen molar-refractivity contribution in [1.29, 1.82) is 0 Å². The van der Waals surface area contributed by atoms with Gasteiger partial charge < -0.3 is 5.32 Å². The second-order valence-corrected chi connectivity index (χ2v) is 6.54. The summed E-state index contributed by atoms with van der Waals surface area (Å²) in [5, 5.41) is 3.65. The predicted molar refractivity (Wildman–Crippen MR) is 72.7 cm³/mol. The zero-order chi connectivity index (χ0) is 12.0. The number of hydrogen-bond acceptors (Lipinski definition) is 1. The van der Waals surface area contributed by atoms with Gasteiger partial charge in [-0.2, -0.15) is 0 Å². The van der Waals surface area contributed by atoms with E-state index < -0.39 is 0 Å². The lowest BCUT2D eigenvalue weighted by Gasteiger charge is -2.32.